The van der Waals surface area contributed by atoms with Gasteiger partial charge in [-0.1, -0.05) is 236 Å². The Kier molecular flexibility index (Phi) is 11.5. The molecule has 394 valence electrons. The number of hydrogen-bond acceptors (Lipinski definition) is 3. The van der Waals surface area contributed by atoms with Crippen molar-refractivity contribution in [1.29, 1.82) is 0 Å². The molecule has 3 aliphatic carbocycles. The predicted molar refractivity (Wildman–Crippen MR) is 348 cm³/mol. The third-order valence-corrected chi connectivity index (χ3v) is 19.6. The second kappa shape index (κ2) is 18.9. The van der Waals surface area contributed by atoms with Crippen molar-refractivity contribution in [2.45, 2.75) is 57.8 Å². The molecule has 0 radical (unpaired) electrons. The molecule has 0 aliphatic heterocycles. The molecule has 0 saturated carbocycles. The van der Waals surface area contributed by atoms with E-state index in [1.54, 1.807) is 0 Å². The minimum absolute atomic E-state index is 0.131. The first-order valence-corrected chi connectivity index (χ1v) is 29.6. The van der Waals surface area contributed by atoms with Gasteiger partial charge in [-0.15, -0.1) is 11.3 Å². The van der Waals surface area contributed by atoms with Crippen molar-refractivity contribution in [1.82, 2.24) is 0 Å². The molecule has 0 saturated heterocycles. The molecule has 12 aromatic rings. The quantitative estimate of drug-likeness (QED) is 0.135. The van der Waals surface area contributed by atoms with Gasteiger partial charge in [-0.3, -0.25) is 0 Å². The zero-order chi connectivity index (χ0) is 55.5. The summed E-state index contributed by atoms with van der Waals surface area (Å²) in [6.07, 6.45) is 0. The molecule has 1 heterocycles. The highest BCUT2D eigenvalue weighted by Crippen LogP contribution is 2.61. The van der Waals surface area contributed by atoms with Gasteiger partial charge in [0.2, 0.25) is 0 Å². The normalized spacial score (nSPS) is 14.3. The van der Waals surface area contributed by atoms with Crippen molar-refractivity contribution in [3.8, 4) is 76.5 Å². The Morgan fingerprint density at radius 1 is 0.244 bits per heavy atom. The van der Waals surface area contributed by atoms with Crippen LogP contribution in [0, 0.1) is 0 Å². The highest BCUT2D eigenvalue weighted by atomic mass is 32.1. The fourth-order valence-electron chi connectivity index (χ4n) is 14.0. The van der Waals surface area contributed by atoms with E-state index in [1.165, 1.54) is 110 Å². The third-order valence-electron chi connectivity index (χ3n) is 18.3. The molecule has 0 spiro atoms. The maximum atomic E-state index is 2.50. The molecule has 82 heavy (non-hydrogen) atoms. The summed E-state index contributed by atoms with van der Waals surface area (Å²) in [5.74, 6) is 0. The van der Waals surface area contributed by atoms with Crippen molar-refractivity contribution in [2.24, 2.45) is 0 Å². The zero-order valence-corrected chi connectivity index (χ0v) is 48.0. The van der Waals surface area contributed by atoms with Crippen molar-refractivity contribution in [3.05, 3.63) is 300 Å². The Balaban J connectivity index is 0.855. The number of fused-ring (bicyclic) bond motifs is 9. The van der Waals surface area contributed by atoms with Gasteiger partial charge >= 0.3 is 0 Å². The lowest BCUT2D eigenvalue weighted by Gasteiger charge is -2.30. The van der Waals surface area contributed by atoms with Crippen molar-refractivity contribution in [2.75, 3.05) is 9.80 Å². The molecule has 3 heteroatoms. The summed E-state index contributed by atoms with van der Waals surface area (Å²) in [6, 6.07) is 99.4. The molecular weight excluding hydrogens is 1010 g/mol. The van der Waals surface area contributed by atoms with E-state index in [0.717, 1.165) is 34.1 Å². The van der Waals surface area contributed by atoms with E-state index >= 15 is 0 Å². The molecule has 0 bridgehead atoms. The van der Waals surface area contributed by atoms with E-state index in [1.807, 2.05) is 11.3 Å². The van der Waals surface area contributed by atoms with E-state index in [0.29, 0.717) is 0 Å². The SMILES string of the molecule is CC1(C)c2ccccc2-c2ccc(N(c3ccc(-c4ccccc4)cc3)c3ccc(-c4sc(-c5ccccc5)c5c4-c4ccc(N(c6ccc(-c7ccccc7)cc6)c6ccc7c(c6)C(C)(C)c6ccccc6-7)cc4C5(C)C)cc3)cc21. The fraction of sp³-hybridized carbons (Fsp3) is 0.114. The maximum absolute atomic E-state index is 2.50. The summed E-state index contributed by atoms with van der Waals surface area (Å²) in [5, 5.41) is 0. The Bertz CT molecular complexity index is 4430. The van der Waals surface area contributed by atoms with Gasteiger partial charge in [-0.2, -0.15) is 0 Å². The van der Waals surface area contributed by atoms with Gasteiger partial charge in [-0.05, 0) is 167 Å². The first-order chi connectivity index (χ1) is 39.9. The summed E-state index contributed by atoms with van der Waals surface area (Å²) in [4.78, 5) is 7.54. The van der Waals surface area contributed by atoms with Crippen LogP contribution in [0.2, 0.25) is 0 Å². The van der Waals surface area contributed by atoms with Gasteiger partial charge < -0.3 is 9.80 Å². The van der Waals surface area contributed by atoms with E-state index in [9.17, 15) is 0 Å². The van der Waals surface area contributed by atoms with Crippen LogP contribution in [-0.4, -0.2) is 0 Å². The molecule has 0 fully saturated rings. The minimum Gasteiger partial charge on any atom is -0.310 e. The van der Waals surface area contributed by atoms with Gasteiger partial charge in [0.15, 0.2) is 0 Å². The summed E-state index contributed by atoms with van der Waals surface area (Å²) >= 11 is 1.93. The average Bonchev–Trinajstić information content (AvgIpc) is 2.45. The second-order valence-electron chi connectivity index (χ2n) is 24.1. The third kappa shape index (κ3) is 7.82. The largest absolute Gasteiger partial charge is 0.310 e. The monoisotopic (exact) mass is 1070 g/mol. The molecular formula is C79H62N2S. The van der Waals surface area contributed by atoms with Crippen LogP contribution in [0.5, 0.6) is 0 Å². The van der Waals surface area contributed by atoms with E-state index in [2.05, 4.69) is 318 Å². The smallest absolute Gasteiger partial charge is 0.0465 e. The molecule has 11 aromatic carbocycles. The van der Waals surface area contributed by atoms with Crippen LogP contribution in [0.15, 0.2) is 267 Å². The lowest BCUT2D eigenvalue weighted by Crippen LogP contribution is -2.18. The van der Waals surface area contributed by atoms with E-state index in [4.69, 9.17) is 0 Å². The van der Waals surface area contributed by atoms with Gasteiger partial charge in [-0.25, -0.2) is 0 Å². The van der Waals surface area contributed by atoms with Crippen molar-refractivity contribution >= 4 is 45.5 Å². The predicted octanol–water partition coefficient (Wildman–Crippen LogP) is 22.3. The van der Waals surface area contributed by atoms with Gasteiger partial charge in [0.1, 0.15) is 0 Å². The Hall–Kier alpha value is -9.28. The summed E-state index contributed by atoms with van der Waals surface area (Å²) in [5.41, 5.74) is 29.6. The average molecular weight is 1070 g/mol. The highest BCUT2D eigenvalue weighted by Gasteiger charge is 2.43. The van der Waals surface area contributed by atoms with Crippen LogP contribution in [-0.2, 0) is 16.2 Å². The fourth-order valence-corrected chi connectivity index (χ4v) is 15.5. The first-order valence-electron chi connectivity index (χ1n) is 28.8. The van der Waals surface area contributed by atoms with E-state index in [-0.39, 0.29) is 16.2 Å². The molecule has 0 N–H and O–H groups in total. The number of rotatable bonds is 10. The molecule has 0 amide bonds. The summed E-state index contributed by atoms with van der Waals surface area (Å²) in [6.45, 7) is 14.4. The first kappa shape index (κ1) is 49.7. The second-order valence-corrected chi connectivity index (χ2v) is 25.1. The number of hydrogen-bond donors (Lipinski definition) is 0. The van der Waals surface area contributed by atoms with Gasteiger partial charge in [0, 0.05) is 65.7 Å². The van der Waals surface area contributed by atoms with E-state index < -0.39 is 0 Å². The Morgan fingerprint density at radius 3 is 0.988 bits per heavy atom. The zero-order valence-electron chi connectivity index (χ0n) is 47.2. The molecule has 3 aliphatic rings. The van der Waals surface area contributed by atoms with Crippen LogP contribution in [0.1, 0.15) is 74.9 Å². The van der Waals surface area contributed by atoms with Gasteiger partial charge in [0.05, 0.1) is 0 Å². The molecule has 1 aromatic heterocycles. The highest BCUT2D eigenvalue weighted by molar-refractivity contribution is 7.19. The maximum Gasteiger partial charge on any atom is 0.0465 e. The molecule has 2 nitrogen and oxygen atoms in total. The van der Waals surface area contributed by atoms with Crippen LogP contribution in [0.3, 0.4) is 0 Å². The topological polar surface area (TPSA) is 6.48 Å². The lowest BCUT2D eigenvalue weighted by molar-refractivity contribution is 0.660. The number of benzene rings is 11. The molecule has 15 rings (SSSR count). The minimum atomic E-state index is -0.311. The number of anilines is 6. The summed E-state index contributed by atoms with van der Waals surface area (Å²) < 4.78 is 0. The Morgan fingerprint density at radius 2 is 0.549 bits per heavy atom. The standard InChI is InChI=1S/C79H62N2S/c1-77(2)68-28-18-16-26-63(68)65-45-42-60(48-70(65)77)80(57-36-30-53(31-37-57)51-20-10-7-11-21-51)58-40-34-56(35-41-58)75-73-67-47-44-62(50-72(67)79(5,6)74(73)76(82-75)55-24-14-9-15-25-55)81(59-38-32-54(33-39-59)52-22-12-8-13-23-52)61-43-46-66-64-27-17-19-29-69(64)78(3,4)71(66)49-61/h7-50H,1-6H3. The lowest BCUT2D eigenvalue weighted by atomic mass is 9.81. The number of nitrogens with zero attached hydrogens (tertiary/aromatic N) is 2. The molecule has 0 unspecified atom stereocenters. The van der Waals surface area contributed by atoms with Crippen LogP contribution in [0.25, 0.3) is 76.5 Å². The Labute approximate surface area is 486 Å². The summed E-state index contributed by atoms with van der Waals surface area (Å²) in [7, 11) is 0. The van der Waals surface area contributed by atoms with Crippen LogP contribution >= 0.6 is 11.3 Å². The number of thiophene rings is 1. The van der Waals surface area contributed by atoms with Gasteiger partial charge in [0.25, 0.3) is 0 Å². The van der Waals surface area contributed by atoms with Crippen molar-refractivity contribution < 1.29 is 0 Å². The molecule has 0 atom stereocenters. The van der Waals surface area contributed by atoms with Crippen molar-refractivity contribution in [3.63, 3.8) is 0 Å². The van der Waals surface area contributed by atoms with Crippen LogP contribution in [0.4, 0.5) is 34.1 Å². The van der Waals surface area contributed by atoms with Crippen LogP contribution < -0.4 is 9.80 Å².